The zero-order chi connectivity index (χ0) is 15.8. The second kappa shape index (κ2) is 5.73. The van der Waals surface area contributed by atoms with Gasteiger partial charge in [-0.2, -0.15) is 0 Å². The average molecular weight is 288 g/mol. The number of rotatable bonds is 3. The highest BCUT2D eigenvalue weighted by Crippen LogP contribution is 2.35. The lowest BCUT2D eigenvalue weighted by atomic mass is 9.75. The smallest absolute Gasteiger partial charge is 0.0237 e. The second-order valence-electron chi connectivity index (χ2n) is 8.52. The number of fused-ring (bicyclic) bond motifs is 1. The predicted molar refractivity (Wildman–Crippen MR) is 92.0 cm³/mol. The lowest BCUT2D eigenvalue weighted by Gasteiger charge is -2.41. The molecule has 2 rings (SSSR count). The van der Waals surface area contributed by atoms with Gasteiger partial charge in [-0.1, -0.05) is 52.8 Å². The van der Waals surface area contributed by atoms with Crippen LogP contribution in [0.2, 0.25) is 0 Å². The zero-order valence-electron chi connectivity index (χ0n) is 15.0. The maximum atomic E-state index is 2.61. The van der Waals surface area contributed by atoms with Crippen molar-refractivity contribution in [3.8, 4) is 0 Å². The van der Waals surface area contributed by atoms with Gasteiger partial charge in [0.1, 0.15) is 0 Å². The summed E-state index contributed by atoms with van der Waals surface area (Å²) in [6.07, 6.45) is 0. The van der Waals surface area contributed by atoms with Crippen molar-refractivity contribution in [2.75, 3.05) is 33.7 Å². The van der Waals surface area contributed by atoms with E-state index in [0.717, 1.165) is 26.2 Å². The van der Waals surface area contributed by atoms with Gasteiger partial charge in [-0.3, -0.25) is 4.90 Å². The third-order valence-electron chi connectivity index (χ3n) is 4.58. The summed E-state index contributed by atoms with van der Waals surface area (Å²) in [7, 11) is 4.31. The Morgan fingerprint density at radius 2 is 1.86 bits per heavy atom. The van der Waals surface area contributed by atoms with Crippen LogP contribution in [0.25, 0.3) is 0 Å². The molecule has 0 saturated carbocycles. The quantitative estimate of drug-likeness (QED) is 0.838. The molecule has 1 aliphatic rings. The average Bonchev–Trinajstić information content (AvgIpc) is 2.34. The van der Waals surface area contributed by atoms with Gasteiger partial charge >= 0.3 is 0 Å². The zero-order valence-corrected chi connectivity index (χ0v) is 15.0. The number of benzene rings is 1. The van der Waals surface area contributed by atoms with E-state index in [1.807, 2.05) is 0 Å². The van der Waals surface area contributed by atoms with Crippen LogP contribution in [0.4, 0.5) is 0 Å². The van der Waals surface area contributed by atoms with Crippen LogP contribution in [0.3, 0.4) is 0 Å². The molecular weight excluding hydrogens is 256 g/mol. The summed E-state index contributed by atoms with van der Waals surface area (Å²) in [5.41, 5.74) is 4.99. The molecule has 1 aromatic rings. The van der Waals surface area contributed by atoms with Crippen LogP contribution in [0, 0.1) is 0 Å². The maximum Gasteiger partial charge on any atom is 0.0237 e. The summed E-state index contributed by atoms with van der Waals surface area (Å²) in [6.45, 7) is 16.2. The summed E-state index contributed by atoms with van der Waals surface area (Å²) >= 11 is 0. The van der Waals surface area contributed by atoms with Crippen molar-refractivity contribution in [1.29, 1.82) is 0 Å². The van der Waals surface area contributed by atoms with E-state index in [-0.39, 0.29) is 10.8 Å². The van der Waals surface area contributed by atoms with Crippen molar-refractivity contribution in [2.24, 2.45) is 0 Å². The van der Waals surface area contributed by atoms with Gasteiger partial charge in [-0.25, -0.2) is 0 Å². The Labute approximate surface area is 131 Å². The lowest BCUT2D eigenvalue weighted by Crippen LogP contribution is -2.44. The van der Waals surface area contributed by atoms with Crippen LogP contribution in [0.15, 0.2) is 18.2 Å². The fraction of sp³-hybridized carbons (Fsp3) is 0.684. The third kappa shape index (κ3) is 3.87. The molecule has 0 aliphatic carbocycles. The largest absolute Gasteiger partial charge is 0.308 e. The topological polar surface area (TPSA) is 6.48 Å². The lowest BCUT2D eigenvalue weighted by molar-refractivity contribution is 0.177. The van der Waals surface area contributed by atoms with Crippen molar-refractivity contribution in [3.05, 3.63) is 34.9 Å². The fourth-order valence-corrected chi connectivity index (χ4v) is 3.29. The first-order valence-electron chi connectivity index (χ1n) is 8.10. The van der Waals surface area contributed by atoms with Gasteiger partial charge in [0.15, 0.2) is 0 Å². The number of likely N-dealkylation sites (N-methyl/N-ethyl adjacent to an activating group) is 1. The van der Waals surface area contributed by atoms with Gasteiger partial charge in [-0.15, -0.1) is 0 Å². The van der Waals surface area contributed by atoms with Crippen LogP contribution < -0.4 is 0 Å². The second-order valence-corrected chi connectivity index (χ2v) is 8.52. The minimum atomic E-state index is 0.227. The van der Waals surface area contributed by atoms with Crippen molar-refractivity contribution in [3.63, 3.8) is 0 Å². The third-order valence-corrected chi connectivity index (χ3v) is 4.58. The summed E-state index contributed by atoms with van der Waals surface area (Å²) < 4.78 is 0. The Kier molecular flexibility index (Phi) is 4.51. The van der Waals surface area contributed by atoms with Gasteiger partial charge in [-0.05, 0) is 36.2 Å². The van der Waals surface area contributed by atoms with Crippen LogP contribution in [-0.2, 0) is 17.4 Å². The fourth-order valence-electron chi connectivity index (χ4n) is 3.29. The minimum Gasteiger partial charge on any atom is -0.308 e. The van der Waals surface area contributed by atoms with Crippen molar-refractivity contribution in [2.45, 2.75) is 52.0 Å². The van der Waals surface area contributed by atoms with Gasteiger partial charge in [0.2, 0.25) is 0 Å². The molecule has 0 unspecified atom stereocenters. The Morgan fingerprint density at radius 3 is 2.43 bits per heavy atom. The molecule has 0 fully saturated rings. The highest BCUT2D eigenvalue weighted by Gasteiger charge is 2.32. The number of hydrogen-bond donors (Lipinski definition) is 0. The van der Waals surface area contributed by atoms with E-state index in [1.165, 1.54) is 16.7 Å². The molecule has 2 heteroatoms. The highest BCUT2D eigenvalue weighted by molar-refractivity contribution is 5.41. The molecule has 1 aliphatic heterocycles. The van der Waals surface area contributed by atoms with Crippen LogP contribution in [0.1, 0.15) is 51.3 Å². The molecule has 0 radical (unpaired) electrons. The maximum absolute atomic E-state index is 2.61. The Morgan fingerprint density at radius 1 is 1.19 bits per heavy atom. The van der Waals surface area contributed by atoms with E-state index in [2.05, 4.69) is 76.7 Å². The molecule has 0 saturated heterocycles. The Bertz CT molecular complexity index is 495. The van der Waals surface area contributed by atoms with Gasteiger partial charge < -0.3 is 4.90 Å². The summed E-state index contributed by atoms with van der Waals surface area (Å²) in [5, 5.41) is 0. The molecule has 1 aromatic carbocycles. The Hall–Kier alpha value is -0.860. The molecule has 0 spiro atoms. The molecular formula is C19H32N2. The molecule has 1 heterocycles. The molecule has 0 atom stereocenters. The van der Waals surface area contributed by atoms with E-state index in [4.69, 9.17) is 0 Å². The highest BCUT2D eigenvalue weighted by atomic mass is 15.2. The monoisotopic (exact) mass is 288 g/mol. The van der Waals surface area contributed by atoms with Crippen LogP contribution >= 0.6 is 0 Å². The summed E-state index contributed by atoms with van der Waals surface area (Å²) in [4.78, 5) is 4.88. The summed E-state index contributed by atoms with van der Waals surface area (Å²) in [6, 6.07) is 7.15. The van der Waals surface area contributed by atoms with E-state index in [1.54, 1.807) is 0 Å². The normalized spacial score (nSPS) is 18.9. The molecule has 2 nitrogen and oxygen atoms in total. The summed E-state index contributed by atoms with van der Waals surface area (Å²) in [5.74, 6) is 0. The molecule has 0 N–H and O–H groups in total. The van der Waals surface area contributed by atoms with E-state index >= 15 is 0 Å². The van der Waals surface area contributed by atoms with E-state index in [0.29, 0.717) is 0 Å². The van der Waals surface area contributed by atoms with E-state index < -0.39 is 0 Å². The minimum absolute atomic E-state index is 0.227. The van der Waals surface area contributed by atoms with Crippen LogP contribution in [-0.4, -0.2) is 43.5 Å². The molecule has 21 heavy (non-hydrogen) atoms. The predicted octanol–water partition coefficient (Wildman–Crippen LogP) is 3.64. The Balaban J connectivity index is 2.28. The van der Waals surface area contributed by atoms with Crippen molar-refractivity contribution >= 4 is 0 Å². The first-order chi connectivity index (χ1) is 9.59. The van der Waals surface area contributed by atoms with Gasteiger partial charge in [0.25, 0.3) is 0 Å². The van der Waals surface area contributed by atoms with Gasteiger partial charge in [0.05, 0.1) is 0 Å². The molecule has 0 amide bonds. The first kappa shape index (κ1) is 16.5. The standard InChI is InChI=1S/C19H32N2/c1-18(2,3)16-8-9-17-15(12-16)13-21(11-10-20(6)7)14-19(17,4)5/h8-9,12H,10-11,13-14H2,1-7H3. The van der Waals surface area contributed by atoms with E-state index in [9.17, 15) is 0 Å². The van der Waals surface area contributed by atoms with Gasteiger partial charge in [0, 0.05) is 31.6 Å². The SMILES string of the molecule is CN(C)CCN1Cc2cc(C(C)(C)C)ccc2C(C)(C)C1. The molecule has 0 aromatic heterocycles. The van der Waals surface area contributed by atoms with Crippen molar-refractivity contribution in [1.82, 2.24) is 9.80 Å². The molecule has 118 valence electrons. The van der Waals surface area contributed by atoms with Crippen molar-refractivity contribution < 1.29 is 0 Å². The first-order valence-corrected chi connectivity index (χ1v) is 8.10. The molecule has 0 bridgehead atoms. The van der Waals surface area contributed by atoms with Crippen LogP contribution in [0.5, 0.6) is 0 Å². The number of nitrogens with zero attached hydrogens (tertiary/aromatic N) is 2. The number of hydrogen-bond acceptors (Lipinski definition) is 2.